The second-order valence-electron chi connectivity index (χ2n) is 6.10. The third kappa shape index (κ3) is 2.58. The molecule has 5 nitrogen and oxygen atoms in total. The van der Waals surface area contributed by atoms with Crippen LogP contribution < -0.4 is 4.31 Å². The number of hydrogen-bond donors (Lipinski definition) is 0. The molecule has 4 rings (SSSR count). The van der Waals surface area contributed by atoms with E-state index in [-0.39, 0.29) is 0 Å². The van der Waals surface area contributed by atoms with Crippen molar-refractivity contribution in [1.82, 2.24) is 5.16 Å². The average Bonchev–Trinajstić information content (AvgIpc) is 3.21. The van der Waals surface area contributed by atoms with E-state index < -0.39 is 10.0 Å². The first-order valence-electron chi connectivity index (χ1n) is 8.12. The van der Waals surface area contributed by atoms with Crippen LogP contribution in [0.5, 0.6) is 0 Å². The Morgan fingerprint density at radius 2 is 1.96 bits per heavy atom. The lowest BCUT2D eigenvalue weighted by Gasteiger charge is -2.30. The molecular weight excluding hydrogens is 356 g/mol. The van der Waals surface area contributed by atoms with Crippen LogP contribution in [0.2, 0.25) is 0 Å². The van der Waals surface area contributed by atoms with Crippen molar-refractivity contribution in [2.75, 3.05) is 10.8 Å². The van der Waals surface area contributed by atoms with Crippen molar-refractivity contribution >= 4 is 27.0 Å². The maximum Gasteiger partial charge on any atom is 0.266 e. The van der Waals surface area contributed by atoms with E-state index in [1.54, 1.807) is 10.4 Å². The van der Waals surface area contributed by atoms with Gasteiger partial charge in [-0.15, -0.1) is 11.3 Å². The van der Waals surface area contributed by atoms with Crippen molar-refractivity contribution in [2.45, 2.75) is 31.6 Å². The van der Waals surface area contributed by atoms with Crippen LogP contribution in [-0.4, -0.2) is 20.1 Å². The number of para-hydroxylation sites is 1. The SMILES string of the molecule is Cc1sc(C)c(S(=O)(=O)N2CCCc3ccccc32)c1-c1ccno1. The van der Waals surface area contributed by atoms with Crippen LogP contribution in [0, 0.1) is 13.8 Å². The quantitative estimate of drug-likeness (QED) is 0.690. The Bertz CT molecular complexity index is 1020. The molecule has 0 N–H and O–H groups in total. The molecule has 0 atom stereocenters. The number of rotatable bonds is 3. The Morgan fingerprint density at radius 1 is 1.16 bits per heavy atom. The van der Waals surface area contributed by atoms with Gasteiger partial charge in [-0.2, -0.15) is 0 Å². The highest BCUT2D eigenvalue weighted by molar-refractivity contribution is 7.93. The molecule has 0 bridgehead atoms. The van der Waals surface area contributed by atoms with E-state index in [2.05, 4.69) is 5.16 Å². The molecule has 25 heavy (non-hydrogen) atoms. The lowest BCUT2D eigenvalue weighted by atomic mass is 10.0. The van der Waals surface area contributed by atoms with Gasteiger partial charge in [-0.1, -0.05) is 23.4 Å². The third-order valence-electron chi connectivity index (χ3n) is 4.51. The lowest BCUT2D eigenvalue weighted by Crippen LogP contribution is -2.35. The summed E-state index contributed by atoms with van der Waals surface area (Å²) in [5.74, 6) is 0.491. The second kappa shape index (κ2) is 6.00. The molecule has 2 aromatic heterocycles. The van der Waals surface area contributed by atoms with E-state index in [0.29, 0.717) is 22.8 Å². The van der Waals surface area contributed by atoms with Crippen molar-refractivity contribution < 1.29 is 12.9 Å². The third-order valence-corrected chi connectivity index (χ3v) is 7.64. The summed E-state index contributed by atoms with van der Waals surface area (Å²) >= 11 is 1.47. The molecule has 0 amide bonds. The minimum absolute atomic E-state index is 0.337. The summed E-state index contributed by atoms with van der Waals surface area (Å²) in [6.45, 7) is 4.25. The Kier molecular flexibility index (Phi) is 3.92. The maximum atomic E-state index is 13.6. The Labute approximate surface area is 150 Å². The minimum atomic E-state index is -3.69. The van der Waals surface area contributed by atoms with Crippen LogP contribution >= 0.6 is 11.3 Å². The summed E-state index contributed by atoms with van der Waals surface area (Å²) < 4.78 is 34.0. The molecular formula is C18H18N2O3S2. The van der Waals surface area contributed by atoms with Crippen molar-refractivity contribution in [2.24, 2.45) is 0 Å². The Hall–Kier alpha value is -2.12. The van der Waals surface area contributed by atoms with Gasteiger partial charge in [0.25, 0.3) is 10.0 Å². The van der Waals surface area contributed by atoms with E-state index in [1.165, 1.54) is 17.5 Å². The summed E-state index contributed by atoms with van der Waals surface area (Å²) in [5, 5.41) is 3.74. The van der Waals surface area contributed by atoms with Crippen LogP contribution in [0.4, 0.5) is 5.69 Å². The van der Waals surface area contributed by atoms with Gasteiger partial charge < -0.3 is 4.52 Å². The molecule has 130 valence electrons. The summed E-state index contributed by atoms with van der Waals surface area (Å²) in [4.78, 5) is 2.02. The highest BCUT2D eigenvalue weighted by Crippen LogP contribution is 2.42. The summed E-state index contributed by atoms with van der Waals surface area (Å²) in [7, 11) is -3.69. The summed E-state index contributed by atoms with van der Waals surface area (Å²) in [6, 6.07) is 9.43. The van der Waals surface area contributed by atoms with Gasteiger partial charge in [-0.05, 0) is 38.3 Å². The summed E-state index contributed by atoms with van der Waals surface area (Å²) in [6.07, 6.45) is 3.25. The molecule has 1 aromatic carbocycles. The molecule has 0 unspecified atom stereocenters. The van der Waals surface area contributed by atoms with Gasteiger partial charge >= 0.3 is 0 Å². The fourth-order valence-corrected chi connectivity index (χ4v) is 6.83. The molecule has 0 saturated heterocycles. The minimum Gasteiger partial charge on any atom is -0.356 e. The van der Waals surface area contributed by atoms with E-state index in [0.717, 1.165) is 33.8 Å². The largest absolute Gasteiger partial charge is 0.356 e. The topological polar surface area (TPSA) is 63.4 Å². The molecule has 1 aliphatic rings. The highest BCUT2D eigenvalue weighted by Gasteiger charge is 2.35. The fraction of sp³-hybridized carbons (Fsp3) is 0.278. The molecule has 7 heteroatoms. The highest BCUT2D eigenvalue weighted by atomic mass is 32.2. The van der Waals surface area contributed by atoms with Gasteiger partial charge in [-0.3, -0.25) is 4.31 Å². The first kappa shape index (κ1) is 16.4. The second-order valence-corrected chi connectivity index (χ2v) is 9.33. The summed E-state index contributed by atoms with van der Waals surface area (Å²) in [5.41, 5.74) is 2.48. The Morgan fingerprint density at radius 3 is 2.72 bits per heavy atom. The van der Waals surface area contributed by atoms with E-state index in [4.69, 9.17) is 4.52 Å². The number of benzene rings is 1. The van der Waals surface area contributed by atoms with Gasteiger partial charge in [0, 0.05) is 22.4 Å². The van der Waals surface area contributed by atoms with Crippen LogP contribution in [-0.2, 0) is 16.4 Å². The van der Waals surface area contributed by atoms with Crippen molar-refractivity contribution in [3.8, 4) is 11.3 Å². The predicted octanol–water partition coefficient (Wildman–Crippen LogP) is 4.16. The molecule has 0 saturated carbocycles. The monoisotopic (exact) mass is 374 g/mol. The van der Waals surface area contributed by atoms with Gasteiger partial charge in [0.1, 0.15) is 4.90 Å². The van der Waals surface area contributed by atoms with Crippen molar-refractivity contribution in [3.63, 3.8) is 0 Å². The van der Waals surface area contributed by atoms with Gasteiger partial charge in [0.2, 0.25) is 0 Å². The van der Waals surface area contributed by atoms with Crippen LogP contribution in [0.3, 0.4) is 0 Å². The first-order chi connectivity index (χ1) is 12.0. The lowest BCUT2D eigenvalue weighted by molar-refractivity contribution is 0.431. The number of fused-ring (bicyclic) bond motifs is 1. The van der Waals surface area contributed by atoms with Crippen LogP contribution in [0.15, 0.2) is 45.9 Å². The zero-order chi connectivity index (χ0) is 17.6. The van der Waals surface area contributed by atoms with E-state index in [1.807, 2.05) is 38.1 Å². The zero-order valence-electron chi connectivity index (χ0n) is 14.0. The normalized spacial score (nSPS) is 14.6. The molecule has 3 heterocycles. The van der Waals surface area contributed by atoms with Gasteiger partial charge in [0.05, 0.1) is 17.4 Å². The van der Waals surface area contributed by atoms with Crippen LogP contribution in [0.25, 0.3) is 11.3 Å². The maximum absolute atomic E-state index is 13.6. The van der Waals surface area contributed by atoms with Crippen LogP contribution in [0.1, 0.15) is 21.7 Å². The van der Waals surface area contributed by atoms with E-state index >= 15 is 0 Å². The Balaban J connectivity index is 1.92. The number of nitrogens with zero attached hydrogens (tertiary/aromatic N) is 2. The first-order valence-corrected chi connectivity index (χ1v) is 10.4. The number of thiophene rings is 1. The number of anilines is 1. The number of aromatic nitrogens is 1. The predicted molar refractivity (Wildman–Crippen MR) is 98.6 cm³/mol. The molecule has 0 fully saturated rings. The molecule has 3 aromatic rings. The van der Waals surface area contributed by atoms with Crippen molar-refractivity contribution in [3.05, 3.63) is 51.8 Å². The van der Waals surface area contributed by atoms with Gasteiger partial charge in [0.15, 0.2) is 5.76 Å². The molecule has 0 radical (unpaired) electrons. The standard InChI is InChI=1S/C18H18N2O3S2/c1-12-17(16-9-10-19-23-16)18(13(2)24-12)25(21,22)20-11-5-7-14-6-3-4-8-15(14)20/h3-4,6,8-10H,5,7,11H2,1-2H3. The molecule has 0 aliphatic carbocycles. The average molecular weight is 374 g/mol. The van der Waals surface area contributed by atoms with E-state index in [9.17, 15) is 8.42 Å². The van der Waals surface area contributed by atoms with Gasteiger partial charge in [-0.25, -0.2) is 8.42 Å². The van der Waals surface area contributed by atoms with Crippen molar-refractivity contribution in [1.29, 1.82) is 0 Å². The number of aryl methyl sites for hydroxylation is 3. The smallest absolute Gasteiger partial charge is 0.266 e. The molecule has 0 spiro atoms. The molecule has 1 aliphatic heterocycles. The number of sulfonamides is 1. The fourth-order valence-electron chi connectivity index (χ4n) is 3.46. The zero-order valence-corrected chi connectivity index (χ0v) is 15.7. The number of hydrogen-bond acceptors (Lipinski definition) is 5.